The molecular formula is C19H31ClN4O2. The maximum Gasteiger partial charge on any atom is 0.191 e. The molecule has 0 radical (unpaired) electrons. The molecule has 2 N–H and O–H groups in total. The van der Waals surface area contributed by atoms with Gasteiger partial charge in [0.15, 0.2) is 5.96 Å². The molecule has 0 aromatic heterocycles. The minimum atomic E-state index is -0.113. The number of hydrogen-bond donors (Lipinski definition) is 2. The van der Waals surface area contributed by atoms with Crippen LogP contribution in [-0.4, -0.2) is 70.5 Å². The minimum absolute atomic E-state index is 0.113. The molecule has 7 heteroatoms. The lowest BCUT2D eigenvalue weighted by Crippen LogP contribution is -2.41. The highest BCUT2D eigenvalue weighted by atomic mass is 35.5. The Kier molecular flexibility index (Phi) is 9.77. The zero-order valence-electron chi connectivity index (χ0n) is 15.8. The second-order valence-corrected chi connectivity index (χ2v) is 6.67. The first kappa shape index (κ1) is 21.0. The lowest BCUT2D eigenvalue weighted by atomic mass is 10.1. The van der Waals surface area contributed by atoms with Crippen LogP contribution in [0, 0.1) is 0 Å². The standard InChI is InChI=1S/C19H31ClN4O2/c1-3-21-19(22-8-5-9-24-10-12-26-13-11-24)23-15-18(25-2)16-6-4-7-17(20)14-16/h4,6-7,14,18H,3,5,8-13,15H2,1-2H3,(H2,21,22,23). The zero-order chi connectivity index (χ0) is 18.6. The number of nitrogens with one attached hydrogen (secondary N) is 2. The molecule has 0 aliphatic carbocycles. The van der Waals surface area contributed by atoms with E-state index in [0.717, 1.165) is 63.9 Å². The Labute approximate surface area is 161 Å². The van der Waals surface area contributed by atoms with Crippen LogP contribution < -0.4 is 10.6 Å². The summed E-state index contributed by atoms with van der Waals surface area (Å²) in [5.74, 6) is 0.818. The topological polar surface area (TPSA) is 58.1 Å². The van der Waals surface area contributed by atoms with Crippen LogP contribution in [0.2, 0.25) is 5.02 Å². The number of ether oxygens (including phenoxy) is 2. The van der Waals surface area contributed by atoms with Gasteiger partial charge < -0.3 is 20.1 Å². The normalized spacial score (nSPS) is 17.1. The molecule has 1 aliphatic rings. The van der Waals surface area contributed by atoms with E-state index in [0.29, 0.717) is 11.6 Å². The van der Waals surface area contributed by atoms with Gasteiger partial charge in [-0.3, -0.25) is 9.89 Å². The molecule has 6 nitrogen and oxygen atoms in total. The third-order valence-electron chi connectivity index (χ3n) is 4.31. The van der Waals surface area contributed by atoms with Crippen LogP contribution in [0.25, 0.3) is 0 Å². The summed E-state index contributed by atoms with van der Waals surface area (Å²) in [5.41, 5.74) is 1.03. The summed E-state index contributed by atoms with van der Waals surface area (Å²) in [6, 6.07) is 7.73. The van der Waals surface area contributed by atoms with Crippen molar-refractivity contribution in [3.8, 4) is 0 Å². The Morgan fingerprint density at radius 2 is 2.15 bits per heavy atom. The monoisotopic (exact) mass is 382 g/mol. The molecule has 2 rings (SSSR count). The van der Waals surface area contributed by atoms with Gasteiger partial charge in [-0.05, 0) is 37.6 Å². The Morgan fingerprint density at radius 1 is 1.35 bits per heavy atom. The Balaban J connectivity index is 1.80. The summed E-state index contributed by atoms with van der Waals surface area (Å²) >= 11 is 6.08. The maximum atomic E-state index is 6.08. The maximum absolute atomic E-state index is 6.08. The van der Waals surface area contributed by atoms with Crippen LogP contribution in [0.5, 0.6) is 0 Å². The van der Waals surface area contributed by atoms with Crippen molar-refractivity contribution in [2.45, 2.75) is 19.4 Å². The fourth-order valence-electron chi connectivity index (χ4n) is 2.87. The van der Waals surface area contributed by atoms with E-state index in [1.165, 1.54) is 0 Å². The zero-order valence-corrected chi connectivity index (χ0v) is 16.6. The number of nitrogens with zero attached hydrogens (tertiary/aromatic N) is 2. The van der Waals surface area contributed by atoms with Crippen LogP contribution in [-0.2, 0) is 9.47 Å². The highest BCUT2D eigenvalue weighted by Crippen LogP contribution is 2.20. The highest BCUT2D eigenvalue weighted by molar-refractivity contribution is 6.30. The van der Waals surface area contributed by atoms with Crippen molar-refractivity contribution < 1.29 is 9.47 Å². The molecule has 1 aromatic carbocycles. The molecule has 1 saturated heterocycles. The van der Waals surface area contributed by atoms with Gasteiger partial charge in [0.05, 0.1) is 19.8 Å². The molecule has 0 saturated carbocycles. The van der Waals surface area contributed by atoms with Crippen LogP contribution in [0.4, 0.5) is 0 Å². The van der Waals surface area contributed by atoms with E-state index < -0.39 is 0 Å². The van der Waals surface area contributed by atoms with Crippen molar-refractivity contribution in [3.63, 3.8) is 0 Å². The van der Waals surface area contributed by atoms with Crippen LogP contribution in [0.15, 0.2) is 29.3 Å². The summed E-state index contributed by atoms with van der Waals surface area (Å²) in [7, 11) is 1.70. The summed E-state index contributed by atoms with van der Waals surface area (Å²) in [6.07, 6.45) is 0.962. The van der Waals surface area contributed by atoms with E-state index >= 15 is 0 Å². The molecule has 0 bridgehead atoms. The average molecular weight is 383 g/mol. The van der Waals surface area contributed by atoms with Gasteiger partial charge >= 0.3 is 0 Å². The van der Waals surface area contributed by atoms with Gasteiger partial charge in [0, 0.05) is 38.3 Å². The Morgan fingerprint density at radius 3 is 2.85 bits per heavy atom. The molecular weight excluding hydrogens is 352 g/mol. The van der Waals surface area contributed by atoms with Crippen molar-refractivity contribution in [2.75, 3.05) is 59.6 Å². The molecule has 1 atom stereocenters. The molecule has 146 valence electrons. The van der Waals surface area contributed by atoms with Gasteiger partial charge in [-0.2, -0.15) is 0 Å². The van der Waals surface area contributed by atoms with Gasteiger partial charge in [-0.15, -0.1) is 0 Å². The third kappa shape index (κ3) is 7.50. The first-order chi connectivity index (χ1) is 12.7. The van der Waals surface area contributed by atoms with Gasteiger partial charge in [-0.1, -0.05) is 23.7 Å². The van der Waals surface area contributed by atoms with Crippen molar-refractivity contribution >= 4 is 17.6 Å². The smallest absolute Gasteiger partial charge is 0.191 e. The van der Waals surface area contributed by atoms with Crippen LogP contribution in [0.1, 0.15) is 25.0 Å². The fourth-order valence-corrected chi connectivity index (χ4v) is 3.07. The largest absolute Gasteiger partial charge is 0.379 e. The number of methoxy groups -OCH3 is 1. The van der Waals surface area contributed by atoms with Gasteiger partial charge in [0.1, 0.15) is 6.10 Å². The second-order valence-electron chi connectivity index (χ2n) is 6.23. The van der Waals surface area contributed by atoms with E-state index in [1.807, 2.05) is 24.3 Å². The number of guanidine groups is 1. The predicted octanol–water partition coefficient (Wildman–Crippen LogP) is 2.30. The lowest BCUT2D eigenvalue weighted by molar-refractivity contribution is 0.0376. The first-order valence-electron chi connectivity index (χ1n) is 9.33. The van der Waals surface area contributed by atoms with Crippen molar-refractivity contribution in [1.82, 2.24) is 15.5 Å². The van der Waals surface area contributed by atoms with E-state index in [1.54, 1.807) is 7.11 Å². The molecule has 1 fully saturated rings. The molecule has 1 aromatic rings. The SMILES string of the molecule is CCNC(=NCC(OC)c1cccc(Cl)c1)NCCCN1CCOCC1. The molecule has 0 amide bonds. The molecule has 1 unspecified atom stereocenters. The third-order valence-corrected chi connectivity index (χ3v) is 4.55. The van der Waals surface area contributed by atoms with E-state index in [2.05, 4.69) is 27.4 Å². The van der Waals surface area contributed by atoms with Crippen molar-refractivity contribution in [2.24, 2.45) is 4.99 Å². The Bertz CT molecular complexity index is 550. The van der Waals surface area contributed by atoms with Crippen molar-refractivity contribution in [1.29, 1.82) is 0 Å². The first-order valence-corrected chi connectivity index (χ1v) is 9.71. The molecule has 26 heavy (non-hydrogen) atoms. The van der Waals surface area contributed by atoms with Gasteiger partial charge in [0.25, 0.3) is 0 Å². The second kappa shape index (κ2) is 12.1. The predicted molar refractivity (Wildman–Crippen MR) is 107 cm³/mol. The summed E-state index contributed by atoms with van der Waals surface area (Å²) in [6.45, 7) is 9.15. The lowest BCUT2D eigenvalue weighted by Gasteiger charge is -2.26. The van der Waals surface area contributed by atoms with E-state index in [4.69, 9.17) is 21.1 Å². The Hall–Kier alpha value is -1.34. The summed E-state index contributed by atoms with van der Waals surface area (Å²) < 4.78 is 11.0. The molecule has 0 spiro atoms. The number of benzene rings is 1. The summed E-state index contributed by atoms with van der Waals surface area (Å²) in [4.78, 5) is 7.11. The van der Waals surface area contributed by atoms with E-state index in [9.17, 15) is 0 Å². The quantitative estimate of drug-likeness (QED) is 0.390. The minimum Gasteiger partial charge on any atom is -0.379 e. The average Bonchev–Trinajstić information content (AvgIpc) is 2.66. The molecule has 1 heterocycles. The number of morpholine rings is 1. The fraction of sp³-hybridized carbons (Fsp3) is 0.632. The van der Waals surface area contributed by atoms with Gasteiger partial charge in [-0.25, -0.2) is 0 Å². The van der Waals surface area contributed by atoms with Gasteiger partial charge in [0.2, 0.25) is 0 Å². The van der Waals surface area contributed by atoms with E-state index in [-0.39, 0.29) is 6.10 Å². The van der Waals surface area contributed by atoms with Crippen LogP contribution >= 0.6 is 11.6 Å². The number of rotatable bonds is 9. The number of aliphatic imine (C=N–C) groups is 1. The highest BCUT2D eigenvalue weighted by Gasteiger charge is 2.12. The van der Waals surface area contributed by atoms with Crippen LogP contribution in [0.3, 0.4) is 0 Å². The van der Waals surface area contributed by atoms with Crippen molar-refractivity contribution in [3.05, 3.63) is 34.9 Å². The molecule has 1 aliphatic heterocycles. The number of hydrogen-bond acceptors (Lipinski definition) is 4. The number of halogens is 1. The summed E-state index contributed by atoms with van der Waals surface area (Å²) in [5, 5.41) is 7.40.